The lowest BCUT2D eigenvalue weighted by Gasteiger charge is -2.29. The van der Waals surface area contributed by atoms with E-state index in [1.54, 1.807) is 0 Å². The van der Waals surface area contributed by atoms with Crippen molar-refractivity contribution in [2.45, 2.75) is 53.0 Å². The molecule has 0 saturated carbocycles. The second-order valence-electron chi connectivity index (χ2n) is 5.00. The van der Waals surface area contributed by atoms with Crippen LogP contribution in [-0.4, -0.2) is 64.9 Å². The number of hydrogen-bond acceptors (Lipinski definition) is 5. The van der Waals surface area contributed by atoms with E-state index in [0.717, 1.165) is 32.1 Å². The van der Waals surface area contributed by atoms with Crippen molar-refractivity contribution in [1.29, 1.82) is 0 Å². The fraction of sp³-hybridized carbons (Fsp3) is 1.00. The zero-order valence-corrected chi connectivity index (χ0v) is 15.4. The average molecular weight is 322 g/mol. The minimum atomic E-state index is -2.51. The smallest absolute Gasteiger partial charge is 0.395 e. The lowest BCUT2D eigenvalue weighted by Crippen LogP contribution is -2.46. The predicted molar refractivity (Wildman–Crippen MR) is 88.5 cm³/mol. The molecule has 0 aliphatic heterocycles. The van der Waals surface area contributed by atoms with Gasteiger partial charge in [0.15, 0.2) is 0 Å². The summed E-state index contributed by atoms with van der Waals surface area (Å²) in [5.74, 6) is 0. The van der Waals surface area contributed by atoms with Crippen LogP contribution in [0.3, 0.4) is 0 Å². The van der Waals surface area contributed by atoms with Gasteiger partial charge in [0.2, 0.25) is 0 Å². The molecule has 0 aromatic heterocycles. The molecule has 5 nitrogen and oxygen atoms in total. The third-order valence-electron chi connectivity index (χ3n) is 3.29. The van der Waals surface area contributed by atoms with Gasteiger partial charge in [0, 0.05) is 32.4 Å². The van der Waals surface area contributed by atoms with Crippen LogP contribution in [0.4, 0.5) is 0 Å². The van der Waals surface area contributed by atoms with Gasteiger partial charge in [0.1, 0.15) is 0 Å². The molecule has 6 heteroatoms. The lowest BCUT2D eigenvalue weighted by atomic mass is 10.3. The Hall–Kier alpha value is 0.0169. The first-order valence-electron chi connectivity index (χ1n) is 8.43. The summed E-state index contributed by atoms with van der Waals surface area (Å²) in [4.78, 5) is 2.31. The molecular formula is C15H35NO4Si. The Morgan fingerprint density at radius 1 is 0.810 bits per heavy atom. The number of rotatable bonds is 15. The maximum absolute atomic E-state index is 9.14. The fourth-order valence-corrected chi connectivity index (χ4v) is 4.97. The van der Waals surface area contributed by atoms with Gasteiger partial charge in [-0.05, 0) is 46.7 Å². The van der Waals surface area contributed by atoms with Crippen molar-refractivity contribution in [2.75, 3.05) is 46.1 Å². The van der Waals surface area contributed by atoms with Crippen molar-refractivity contribution >= 4 is 8.80 Å². The summed E-state index contributed by atoms with van der Waals surface area (Å²) < 4.78 is 17.6. The van der Waals surface area contributed by atoms with Crippen molar-refractivity contribution in [3.05, 3.63) is 0 Å². The molecule has 0 rings (SSSR count). The molecule has 0 radical (unpaired) electrons. The largest absolute Gasteiger partial charge is 0.500 e. The summed E-state index contributed by atoms with van der Waals surface area (Å²) in [6.07, 6.45) is 3.33. The summed E-state index contributed by atoms with van der Waals surface area (Å²) in [7, 11) is -2.51. The first-order chi connectivity index (χ1) is 10.2. The van der Waals surface area contributed by atoms with Crippen LogP contribution in [0.15, 0.2) is 0 Å². The Morgan fingerprint density at radius 2 is 1.33 bits per heavy atom. The second kappa shape index (κ2) is 13.7. The van der Waals surface area contributed by atoms with Crippen LogP contribution >= 0.6 is 0 Å². The topological polar surface area (TPSA) is 51.2 Å². The third-order valence-corrected chi connectivity index (χ3v) is 6.45. The van der Waals surface area contributed by atoms with Crippen molar-refractivity contribution in [1.82, 2.24) is 4.90 Å². The van der Waals surface area contributed by atoms with Gasteiger partial charge in [0.05, 0.1) is 6.61 Å². The van der Waals surface area contributed by atoms with Gasteiger partial charge < -0.3 is 23.3 Å². The first kappa shape index (κ1) is 21.0. The van der Waals surface area contributed by atoms with E-state index >= 15 is 0 Å². The van der Waals surface area contributed by atoms with E-state index in [4.69, 9.17) is 18.4 Å². The SMILES string of the molecule is CCCCN(CCO)CCC[Si](OCC)(OCC)OCC. The van der Waals surface area contributed by atoms with E-state index in [9.17, 15) is 0 Å². The monoisotopic (exact) mass is 321 g/mol. The first-order valence-corrected chi connectivity index (χ1v) is 10.4. The molecule has 0 spiro atoms. The fourth-order valence-electron chi connectivity index (χ4n) is 2.38. The molecule has 1 N–H and O–H groups in total. The van der Waals surface area contributed by atoms with Gasteiger partial charge >= 0.3 is 8.80 Å². The zero-order valence-electron chi connectivity index (χ0n) is 14.4. The number of nitrogens with zero attached hydrogens (tertiary/aromatic N) is 1. The van der Waals surface area contributed by atoms with E-state index in [-0.39, 0.29) is 6.61 Å². The second-order valence-corrected chi connectivity index (χ2v) is 7.74. The predicted octanol–water partition coefficient (Wildman–Crippen LogP) is 2.52. The van der Waals surface area contributed by atoms with E-state index in [0.29, 0.717) is 19.8 Å². The molecule has 0 amide bonds. The average Bonchev–Trinajstić information content (AvgIpc) is 2.45. The highest BCUT2D eigenvalue weighted by atomic mass is 28.4. The van der Waals surface area contributed by atoms with E-state index in [1.807, 2.05) is 20.8 Å². The number of unbranched alkanes of at least 4 members (excludes halogenated alkanes) is 1. The molecule has 0 aromatic rings. The molecule has 0 heterocycles. The molecule has 128 valence electrons. The van der Waals surface area contributed by atoms with Crippen LogP contribution in [0.25, 0.3) is 0 Å². The lowest BCUT2D eigenvalue weighted by molar-refractivity contribution is 0.0697. The minimum absolute atomic E-state index is 0.217. The molecule has 0 aromatic carbocycles. The van der Waals surface area contributed by atoms with Crippen molar-refractivity contribution in [3.8, 4) is 0 Å². The quantitative estimate of drug-likeness (QED) is 0.470. The maximum Gasteiger partial charge on any atom is 0.500 e. The molecule has 0 aliphatic rings. The van der Waals surface area contributed by atoms with Gasteiger partial charge in [-0.2, -0.15) is 0 Å². The van der Waals surface area contributed by atoms with Crippen LogP contribution in [0.5, 0.6) is 0 Å². The molecule has 0 saturated heterocycles. The van der Waals surface area contributed by atoms with Gasteiger partial charge in [-0.15, -0.1) is 0 Å². The Bertz CT molecular complexity index is 215. The molecule has 0 atom stereocenters. The van der Waals surface area contributed by atoms with E-state index in [2.05, 4.69) is 11.8 Å². The summed E-state index contributed by atoms with van der Waals surface area (Å²) >= 11 is 0. The molecule has 0 bridgehead atoms. The molecule has 0 unspecified atom stereocenters. The number of hydrogen-bond donors (Lipinski definition) is 1. The Morgan fingerprint density at radius 3 is 1.76 bits per heavy atom. The van der Waals surface area contributed by atoms with E-state index < -0.39 is 8.80 Å². The summed E-state index contributed by atoms with van der Waals surface area (Å²) in [5, 5.41) is 9.14. The highest BCUT2D eigenvalue weighted by Gasteiger charge is 2.39. The van der Waals surface area contributed by atoms with E-state index in [1.165, 1.54) is 12.8 Å². The van der Waals surface area contributed by atoms with Crippen molar-refractivity contribution in [2.24, 2.45) is 0 Å². The molecule has 21 heavy (non-hydrogen) atoms. The highest BCUT2D eigenvalue weighted by Crippen LogP contribution is 2.18. The summed E-state index contributed by atoms with van der Waals surface area (Å²) in [6.45, 7) is 13.0. The Balaban J connectivity index is 4.35. The van der Waals surface area contributed by atoms with Gasteiger partial charge in [-0.1, -0.05) is 13.3 Å². The standard InChI is InChI=1S/C15H35NO4Si/c1-5-9-11-16(13-14-17)12-10-15-21(18-6-2,19-7-3)20-8-4/h17H,5-15H2,1-4H3. The summed E-state index contributed by atoms with van der Waals surface area (Å²) in [5.41, 5.74) is 0. The molecule has 0 fully saturated rings. The van der Waals surface area contributed by atoms with Gasteiger partial charge in [-0.3, -0.25) is 0 Å². The van der Waals surface area contributed by atoms with Crippen molar-refractivity contribution in [3.63, 3.8) is 0 Å². The van der Waals surface area contributed by atoms with Crippen LogP contribution in [-0.2, 0) is 13.3 Å². The maximum atomic E-state index is 9.14. The highest BCUT2D eigenvalue weighted by molar-refractivity contribution is 6.60. The molecule has 0 aliphatic carbocycles. The van der Waals surface area contributed by atoms with Crippen LogP contribution < -0.4 is 0 Å². The number of aliphatic hydroxyl groups excluding tert-OH is 1. The third kappa shape index (κ3) is 9.60. The van der Waals surface area contributed by atoms with Gasteiger partial charge in [-0.25, -0.2) is 0 Å². The zero-order chi connectivity index (χ0) is 16.0. The summed E-state index contributed by atoms with van der Waals surface area (Å²) in [6, 6.07) is 0.844. The minimum Gasteiger partial charge on any atom is -0.395 e. The normalized spacial score (nSPS) is 12.3. The van der Waals surface area contributed by atoms with Crippen LogP contribution in [0, 0.1) is 0 Å². The van der Waals surface area contributed by atoms with Crippen molar-refractivity contribution < 1.29 is 18.4 Å². The molecular weight excluding hydrogens is 286 g/mol. The van der Waals surface area contributed by atoms with Crippen LogP contribution in [0.2, 0.25) is 6.04 Å². The Labute approximate surface area is 131 Å². The Kier molecular flexibility index (Phi) is 13.7. The van der Waals surface area contributed by atoms with Crippen LogP contribution in [0.1, 0.15) is 47.0 Å². The van der Waals surface area contributed by atoms with Gasteiger partial charge in [0.25, 0.3) is 0 Å². The number of aliphatic hydroxyl groups is 1.